The van der Waals surface area contributed by atoms with Gasteiger partial charge in [-0.25, -0.2) is 0 Å². The number of carbonyl (C=O) groups excluding carboxylic acids is 1. The van der Waals surface area contributed by atoms with Crippen molar-refractivity contribution in [2.75, 3.05) is 13.2 Å². The first kappa shape index (κ1) is 17.2. The van der Waals surface area contributed by atoms with Gasteiger partial charge in [0.1, 0.15) is 5.75 Å². The van der Waals surface area contributed by atoms with E-state index in [0.717, 1.165) is 12.8 Å². The van der Waals surface area contributed by atoms with Crippen LogP contribution in [0.15, 0.2) is 48.5 Å². The Morgan fingerprint density at radius 3 is 2.56 bits per heavy atom. The zero-order valence-electron chi connectivity index (χ0n) is 13.4. The van der Waals surface area contributed by atoms with Crippen LogP contribution < -0.4 is 10.1 Å². The highest BCUT2D eigenvalue weighted by Gasteiger charge is 2.44. The van der Waals surface area contributed by atoms with Crippen molar-refractivity contribution in [1.29, 1.82) is 0 Å². The lowest BCUT2D eigenvalue weighted by atomic mass is 9.96. The molecule has 0 radical (unpaired) electrons. The first-order valence-corrected chi connectivity index (χ1v) is 8.27. The first-order valence-electron chi connectivity index (χ1n) is 7.89. The highest BCUT2D eigenvalue weighted by atomic mass is 35.5. The standard InChI is InChI=1S/C18H17ClN2O4/c19-15-10-14(21(23)24)6-7-16(15)25-11-17(22)20-12-18(8-9-18)13-4-2-1-3-5-13/h1-7,10H,8-9,11-12H2,(H,20,22). The van der Waals surface area contributed by atoms with Crippen molar-refractivity contribution in [2.45, 2.75) is 18.3 Å². The molecule has 1 N–H and O–H groups in total. The van der Waals surface area contributed by atoms with Crippen LogP contribution in [0.3, 0.4) is 0 Å². The third-order valence-corrected chi connectivity index (χ3v) is 4.64. The summed E-state index contributed by atoms with van der Waals surface area (Å²) in [5, 5.41) is 13.7. The van der Waals surface area contributed by atoms with Gasteiger partial charge in [0.15, 0.2) is 6.61 Å². The minimum absolute atomic E-state index is 0.0297. The van der Waals surface area contributed by atoms with Crippen LogP contribution in [0.25, 0.3) is 0 Å². The van der Waals surface area contributed by atoms with E-state index in [9.17, 15) is 14.9 Å². The quantitative estimate of drug-likeness (QED) is 0.605. The zero-order chi connectivity index (χ0) is 17.9. The monoisotopic (exact) mass is 360 g/mol. The molecule has 1 saturated carbocycles. The molecule has 1 aliphatic rings. The molecule has 1 aliphatic carbocycles. The van der Waals surface area contributed by atoms with E-state index in [4.69, 9.17) is 16.3 Å². The molecule has 0 atom stereocenters. The maximum atomic E-state index is 12.0. The Morgan fingerprint density at radius 1 is 1.24 bits per heavy atom. The molecule has 0 unspecified atom stereocenters. The van der Waals surface area contributed by atoms with Crippen LogP contribution in [-0.2, 0) is 10.2 Å². The second kappa shape index (κ2) is 7.11. The molecular weight excluding hydrogens is 344 g/mol. The van der Waals surface area contributed by atoms with Gasteiger partial charge < -0.3 is 10.1 Å². The molecule has 2 aromatic rings. The molecule has 6 nitrogen and oxygen atoms in total. The van der Waals surface area contributed by atoms with E-state index in [0.29, 0.717) is 6.54 Å². The van der Waals surface area contributed by atoms with E-state index in [-0.39, 0.29) is 34.4 Å². The average Bonchev–Trinajstić information content (AvgIpc) is 3.41. The SMILES string of the molecule is O=C(COc1ccc([N+](=O)[O-])cc1Cl)NCC1(c2ccccc2)CC1. The summed E-state index contributed by atoms with van der Waals surface area (Å²) < 4.78 is 5.36. The highest BCUT2D eigenvalue weighted by Crippen LogP contribution is 2.47. The normalized spacial score (nSPS) is 14.6. The lowest BCUT2D eigenvalue weighted by Gasteiger charge is -2.16. The van der Waals surface area contributed by atoms with E-state index in [1.165, 1.54) is 23.8 Å². The number of hydrogen-bond acceptors (Lipinski definition) is 4. The summed E-state index contributed by atoms with van der Waals surface area (Å²) in [5.41, 5.74) is 1.14. The minimum Gasteiger partial charge on any atom is -0.482 e. The molecule has 1 amide bonds. The number of halogens is 1. The molecule has 2 aromatic carbocycles. The van der Waals surface area contributed by atoms with Crippen LogP contribution >= 0.6 is 11.6 Å². The summed E-state index contributed by atoms with van der Waals surface area (Å²) in [6.45, 7) is 0.371. The largest absolute Gasteiger partial charge is 0.482 e. The van der Waals surface area contributed by atoms with Crippen molar-refractivity contribution in [1.82, 2.24) is 5.32 Å². The second-order valence-corrected chi connectivity index (χ2v) is 6.49. The van der Waals surface area contributed by atoms with Crippen molar-refractivity contribution in [3.8, 4) is 5.75 Å². The van der Waals surface area contributed by atoms with Crippen LogP contribution in [0.2, 0.25) is 5.02 Å². The molecule has 3 rings (SSSR count). The Hall–Kier alpha value is -2.60. The van der Waals surface area contributed by atoms with Gasteiger partial charge in [-0.3, -0.25) is 14.9 Å². The third-order valence-electron chi connectivity index (χ3n) is 4.35. The van der Waals surface area contributed by atoms with E-state index in [1.807, 2.05) is 18.2 Å². The Balaban J connectivity index is 1.51. The number of nitrogens with zero attached hydrogens (tertiary/aromatic N) is 1. The molecule has 130 valence electrons. The number of nitrogens with one attached hydrogen (secondary N) is 1. The molecule has 1 fully saturated rings. The maximum Gasteiger partial charge on any atom is 0.271 e. The number of hydrogen-bond donors (Lipinski definition) is 1. The molecule has 0 heterocycles. The van der Waals surface area contributed by atoms with Gasteiger partial charge in [-0.05, 0) is 24.5 Å². The van der Waals surface area contributed by atoms with Crippen molar-refractivity contribution in [3.63, 3.8) is 0 Å². The number of benzene rings is 2. The summed E-state index contributed by atoms with van der Waals surface area (Å²) in [7, 11) is 0. The van der Waals surface area contributed by atoms with Gasteiger partial charge in [-0.2, -0.15) is 0 Å². The average molecular weight is 361 g/mol. The van der Waals surface area contributed by atoms with Gasteiger partial charge in [-0.1, -0.05) is 41.9 Å². The number of rotatable bonds is 7. The molecule has 0 aromatic heterocycles. The smallest absolute Gasteiger partial charge is 0.271 e. The lowest BCUT2D eigenvalue weighted by molar-refractivity contribution is -0.384. The molecule has 0 saturated heterocycles. The van der Waals surface area contributed by atoms with Crippen molar-refractivity contribution < 1.29 is 14.5 Å². The lowest BCUT2D eigenvalue weighted by Crippen LogP contribution is -2.35. The maximum absolute atomic E-state index is 12.0. The van der Waals surface area contributed by atoms with Gasteiger partial charge in [0, 0.05) is 24.1 Å². The van der Waals surface area contributed by atoms with E-state index in [1.54, 1.807) is 0 Å². The number of nitro groups is 1. The summed E-state index contributed by atoms with van der Waals surface area (Å²) in [6, 6.07) is 14.0. The van der Waals surface area contributed by atoms with Crippen LogP contribution in [0, 0.1) is 10.1 Å². The van der Waals surface area contributed by atoms with Crippen LogP contribution in [0.1, 0.15) is 18.4 Å². The van der Waals surface area contributed by atoms with Crippen LogP contribution in [0.4, 0.5) is 5.69 Å². The Labute approximate surface area is 149 Å². The third kappa shape index (κ3) is 4.09. The molecule has 0 aliphatic heterocycles. The number of non-ortho nitro benzene ring substituents is 1. The Bertz CT molecular complexity index is 791. The Morgan fingerprint density at radius 2 is 1.96 bits per heavy atom. The number of nitro benzene ring substituents is 1. The van der Waals surface area contributed by atoms with E-state index < -0.39 is 4.92 Å². The summed E-state index contributed by atoms with van der Waals surface area (Å²) >= 11 is 5.94. The summed E-state index contributed by atoms with van der Waals surface area (Å²) in [4.78, 5) is 22.2. The molecule has 7 heteroatoms. The van der Waals surface area contributed by atoms with Crippen molar-refractivity contribution >= 4 is 23.2 Å². The van der Waals surface area contributed by atoms with E-state index in [2.05, 4.69) is 17.4 Å². The second-order valence-electron chi connectivity index (χ2n) is 6.08. The van der Waals surface area contributed by atoms with Gasteiger partial charge in [0.2, 0.25) is 0 Å². The van der Waals surface area contributed by atoms with Crippen LogP contribution in [-0.4, -0.2) is 24.0 Å². The van der Waals surface area contributed by atoms with Crippen molar-refractivity contribution in [3.05, 3.63) is 69.2 Å². The van der Waals surface area contributed by atoms with Crippen LogP contribution in [0.5, 0.6) is 5.75 Å². The molecule has 25 heavy (non-hydrogen) atoms. The van der Waals surface area contributed by atoms with E-state index >= 15 is 0 Å². The predicted octanol–water partition coefficient (Wildman–Crippen LogP) is 3.48. The van der Waals surface area contributed by atoms with Gasteiger partial charge >= 0.3 is 0 Å². The van der Waals surface area contributed by atoms with Crippen molar-refractivity contribution in [2.24, 2.45) is 0 Å². The predicted molar refractivity (Wildman–Crippen MR) is 94.0 cm³/mol. The molecule has 0 bridgehead atoms. The topological polar surface area (TPSA) is 81.5 Å². The zero-order valence-corrected chi connectivity index (χ0v) is 14.2. The molecule has 0 spiro atoms. The minimum atomic E-state index is -0.541. The fourth-order valence-corrected chi connectivity index (χ4v) is 2.92. The first-order chi connectivity index (χ1) is 12.0. The fraction of sp³-hybridized carbons (Fsp3) is 0.278. The number of carbonyl (C=O) groups is 1. The number of amides is 1. The fourth-order valence-electron chi connectivity index (χ4n) is 2.69. The van der Waals surface area contributed by atoms with Gasteiger partial charge in [0.05, 0.1) is 9.95 Å². The van der Waals surface area contributed by atoms with Gasteiger partial charge in [-0.15, -0.1) is 0 Å². The molecular formula is C18H17ClN2O4. The number of ether oxygens (including phenoxy) is 1. The summed E-state index contributed by atoms with van der Waals surface area (Å²) in [5.74, 6) is -0.0109. The van der Waals surface area contributed by atoms with Gasteiger partial charge in [0.25, 0.3) is 11.6 Å². The highest BCUT2D eigenvalue weighted by molar-refractivity contribution is 6.32. The Kier molecular flexibility index (Phi) is 4.90. The summed E-state index contributed by atoms with van der Waals surface area (Å²) in [6.07, 6.45) is 2.10.